The monoisotopic (exact) mass is 229 g/mol. The summed E-state index contributed by atoms with van der Waals surface area (Å²) >= 11 is 0. The molecule has 0 atom stereocenters. The molecule has 2 rings (SSSR count). The predicted molar refractivity (Wildman–Crippen MR) is 68.2 cm³/mol. The molecule has 0 aliphatic carbocycles. The van der Waals surface area contributed by atoms with Crippen molar-refractivity contribution in [1.29, 1.82) is 0 Å². The van der Waals surface area contributed by atoms with Gasteiger partial charge in [-0.3, -0.25) is 9.67 Å². The van der Waals surface area contributed by atoms with Gasteiger partial charge in [0, 0.05) is 25.0 Å². The van der Waals surface area contributed by atoms with E-state index in [1.807, 2.05) is 38.4 Å². The van der Waals surface area contributed by atoms with Crippen molar-refractivity contribution in [1.82, 2.24) is 9.78 Å². The summed E-state index contributed by atoms with van der Waals surface area (Å²) in [5.74, 6) is 0.774. The van der Waals surface area contributed by atoms with Gasteiger partial charge in [0.15, 0.2) is 0 Å². The SMILES string of the molecule is COc1ccc(C)cc1/N=C/c1cnn(C)c1. The Balaban J connectivity index is 2.28. The number of hydrogen-bond acceptors (Lipinski definition) is 3. The van der Waals surface area contributed by atoms with Crippen LogP contribution in [-0.4, -0.2) is 23.1 Å². The fraction of sp³-hybridized carbons (Fsp3) is 0.231. The molecule has 0 N–H and O–H groups in total. The summed E-state index contributed by atoms with van der Waals surface area (Å²) < 4.78 is 7.00. The molecule has 0 saturated heterocycles. The van der Waals surface area contributed by atoms with Crippen molar-refractivity contribution in [3.05, 3.63) is 41.7 Å². The summed E-state index contributed by atoms with van der Waals surface area (Å²) in [4.78, 5) is 4.42. The van der Waals surface area contributed by atoms with E-state index in [2.05, 4.69) is 10.1 Å². The van der Waals surface area contributed by atoms with Gasteiger partial charge in [0.1, 0.15) is 11.4 Å². The van der Waals surface area contributed by atoms with E-state index < -0.39 is 0 Å². The first-order chi connectivity index (χ1) is 8.19. The van der Waals surface area contributed by atoms with Crippen LogP contribution in [0.25, 0.3) is 0 Å². The summed E-state index contributed by atoms with van der Waals surface area (Å²) in [5, 5.41) is 4.08. The van der Waals surface area contributed by atoms with Gasteiger partial charge in [-0.05, 0) is 24.6 Å². The maximum Gasteiger partial charge on any atom is 0.144 e. The van der Waals surface area contributed by atoms with Crippen molar-refractivity contribution >= 4 is 11.9 Å². The highest BCUT2D eigenvalue weighted by Crippen LogP contribution is 2.27. The van der Waals surface area contributed by atoms with E-state index >= 15 is 0 Å². The lowest BCUT2D eigenvalue weighted by Crippen LogP contribution is -1.85. The molecule has 0 spiro atoms. The van der Waals surface area contributed by atoms with E-state index in [1.54, 1.807) is 24.2 Å². The number of ether oxygens (including phenoxy) is 1. The number of rotatable bonds is 3. The molecule has 2 aromatic rings. The molecule has 88 valence electrons. The van der Waals surface area contributed by atoms with Gasteiger partial charge in [0.05, 0.1) is 13.3 Å². The molecule has 1 heterocycles. The van der Waals surface area contributed by atoms with Gasteiger partial charge in [-0.1, -0.05) is 6.07 Å². The molecular formula is C13H15N3O. The highest BCUT2D eigenvalue weighted by Gasteiger charge is 2.00. The highest BCUT2D eigenvalue weighted by molar-refractivity contribution is 5.82. The Morgan fingerprint density at radius 2 is 2.24 bits per heavy atom. The fourth-order valence-corrected chi connectivity index (χ4v) is 1.55. The fourth-order valence-electron chi connectivity index (χ4n) is 1.55. The van der Waals surface area contributed by atoms with Crippen molar-refractivity contribution < 1.29 is 4.74 Å². The molecule has 0 radical (unpaired) electrons. The van der Waals surface area contributed by atoms with Gasteiger partial charge in [-0.15, -0.1) is 0 Å². The second-order valence-corrected chi connectivity index (χ2v) is 3.88. The molecule has 0 aliphatic heterocycles. The van der Waals surface area contributed by atoms with Crippen molar-refractivity contribution in [3.63, 3.8) is 0 Å². The van der Waals surface area contributed by atoms with E-state index in [9.17, 15) is 0 Å². The van der Waals surface area contributed by atoms with Crippen molar-refractivity contribution in [2.24, 2.45) is 12.0 Å². The summed E-state index contributed by atoms with van der Waals surface area (Å²) in [6.45, 7) is 2.03. The molecule has 0 unspecified atom stereocenters. The zero-order valence-electron chi connectivity index (χ0n) is 10.2. The smallest absolute Gasteiger partial charge is 0.144 e. The lowest BCUT2D eigenvalue weighted by Gasteiger charge is -2.04. The molecule has 0 aliphatic rings. The minimum atomic E-state index is 0.774. The first-order valence-electron chi connectivity index (χ1n) is 5.36. The van der Waals surface area contributed by atoms with Gasteiger partial charge in [0.2, 0.25) is 0 Å². The average Bonchev–Trinajstić information content (AvgIpc) is 2.73. The number of hydrogen-bond donors (Lipinski definition) is 0. The predicted octanol–water partition coefficient (Wildman–Crippen LogP) is 2.49. The molecule has 0 fully saturated rings. The van der Waals surface area contributed by atoms with Crippen LogP contribution in [0.4, 0.5) is 5.69 Å². The molecule has 0 saturated carbocycles. The summed E-state index contributed by atoms with van der Waals surface area (Å²) in [6, 6.07) is 5.92. The Labute approximate surface area is 101 Å². The standard InChI is InChI=1S/C13H15N3O/c1-10-4-5-13(17-3)12(6-10)14-7-11-8-15-16(2)9-11/h4-9H,1-3H3/b14-7+. The zero-order chi connectivity index (χ0) is 12.3. The van der Waals surface area contributed by atoms with Crippen molar-refractivity contribution in [3.8, 4) is 5.75 Å². The van der Waals surface area contributed by atoms with Gasteiger partial charge >= 0.3 is 0 Å². The van der Waals surface area contributed by atoms with Gasteiger partial charge in [-0.25, -0.2) is 0 Å². The Morgan fingerprint density at radius 3 is 2.88 bits per heavy atom. The van der Waals surface area contributed by atoms with Crippen molar-refractivity contribution in [2.45, 2.75) is 6.92 Å². The third-order valence-corrected chi connectivity index (χ3v) is 2.41. The molecule has 17 heavy (non-hydrogen) atoms. The molecule has 0 bridgehead atoms. The van der Waals surface area contributed by atoms with E-state index in [4.69, 9.17) is 4.74 Å². The summed E-state index contributed by atoms with van der Waals surface area (Å²) in [6.07, 6.45) is 5.46. The number of aryl methyl sites for hydroxylation is 2. The Morgan fingerprint density at radius 1 is 1.41 bits per heavy atom. The lowest BCUT2D eigenvalue weighted by molar-refractivity contribution is 0.416. The molecular weight excluding hydrogens is 214 g/mol. The van der Waals surface area contributed by atoms with E-state index in [1.165, 1.54) is 0 Å². The maximum absolute atomic E-state index is 5.26. The van der Waals surface area contributed by atoms with Crippen LogP contribution in [-0.2, 0) is 7.05 Å². The van der Waals surface area contributed by atoms with Gasteiger partial charge < -0.3 is 4.74 Å². The van der Waals surface area contributed by atoms with E-state index in [0.717, 1.165) is 22.6 Å². The van der Waals surface area contributed by atoms with E-state index in [0.29, 0.717) is 0 Å². The molecule has 0 amide bonds. The van der Waals surface area contributed by atoms with Crippen LogP contribution in [0.3, 0.4) is 0 Å². The lowest BCUT2D eigenvalue weighted by atomic mass is 10.2. The topological polar surface area (TPSA) is 39.4 Å². The third-order valence-electron chi connectivity index (χ3n) is 2.41. The van der Waals surface area contributed by atoms with Crippen LogP contribution in [0.1, 0.15) is 11.1 Å². The number of methoxy groups -OCH3 is 1. The Kier molecular flexibility index (Phi) is 3.23. The number of aliphatic imine (C=N–C) groups is 1. The van der Waals surface area contributed by atoms with Crippen LogP contribution in [0.5, 0.6) is 5.75 Å². The Bertz CT molecular complexity index is 543. The van der Waals surface area contributed by atoms with Crippen molar-refractivity contribution in [2.75, 3.05) is 7.11 Å². The molecule has 4 nitrogen and oxygen atoms in total. The van der Waals surface area contributed by atoms with E-state index in [-0.39, 0.29) is 0 Å². The summed E-state index contributed by atoms with van der Waals surface area (Å²) in [7, 11) is 3.53. The largest absolute Gasteiger partial charge is 0.494 e. The zero-order valence-corrected chi connectivity index (χ0v) is 10.2. The van der Waals surface area contributed by atoms with Crippen LogP contribution in [0.2, 0.25) is 0 Å². The Hall–Kier alpha value is -2.10. The maximum atomic E-state index is 5.26. The second kappa shape index (κ2) is 4.82. The first-order valence-corrected chi connectivity index (χ1v) is 5.36. The minimum Gasteiger partial charge on any atom is -0.494 e. The number of nitrogens with zero attached hydrogens (tertiary/aromatic N) is 3. The quantitative estimate of drug-likeness (QED) is 0.758. The van der Waals surface area contributed by atoms with Crippen LogP contribution in [0, 0.1) is 6.92 Å². The normalized spacial score (nSPS) is 11.0. The molecule has 1 aromatic carbocycles. The average molecular weight is 229 g/mol. The second-order valence-electron chi connectivity index (χ2n) is 3.88. The van der Waals surface area contributed by atoms with Crippen LogP contribution in [0.15, 0.2) is 35.6 Å². The van der Waals surface area contributed by atoms with Crippen LogP contribution < -0.4 is 4.74 Å². The van der Waals surface area contributed by atoms with Gasteiger partial charge in [0.25, 0.3) is 0 Å². The van der Waals surface area contributed by atoms with Gasteiger partial charge in [-0.2, -0.15) is 5.10 Å². The molecule has 4 heteroatoms. The first kappa shape index (κ1) is 11.4. The highest BCUT2D eigenvalue weighted by atomic mass is 16.5. The molecule has 1 aromatic heterocycles. The minimum absolute atomic E-state index is 0.774. The van der Waals surface area contributed by atoms with Crippen LogP contribution >= 0.6 is 0 Å². The number of aromatic nitrogens is 2. The summed E-state index contributed by atoms with van der Waals surface area (Å²) in [5.41, 5.74) is 2.96. The number of benzene rings is 1. The third kappa shape index (κ3) is 2.72.